The van der Waals surface area contributed by atoms with Crippen molar-refractivity contribution in [3.8, 4) is 0 Å². The van der Waals surface area contributed by atoms with Crippen LogP contribution in [0.1, 0.15) is 28.0 Å². The van der Waals surface area contributed by atoms with Gasteiger partial charge in [-0.05, 0) is 48.6 Å². The van der Waals surface area contributed by atoms with E-state index in [1.165, 1.54) is 12.1 Å². The van der Waals surface area contributed by atoms with Crippen LogP contribution in [-0.2, 0) is 25.9 Å². The molecule has 5 nitrogen and oxygen atoms in total. The summed E-state index contributed by atoms with van der Waals surface area (Å²) < 4.78 is 28.6. The SMILES string of the molecule is O=c1c2c3c(sc2ncn1Cc1ccncc1)C[C@@H](NCc1ccc(F)cc1F)CC3. The van der Waals surface area contributed by atoms with E-state index in [4.69, 9.17) is 0 Å². The van der Waals surface area contributed by atoms with Gasteiger partial charge in [-0.1, -0.05) is 6.07 Å². The zero-order chi connectivity index (χ0) is 21.4. The largest absolute Gasteiger partial charge is 0.309 e. The molecule has 0 fully saturated rings. The quantitative estimate of drug-likeness (QED) is 0.515. The molecule has 0 spiro atoms. The normalized spacial score (nSPS) is 15.9. The minimum atomic E-state index is -0.573. The van der Waals surface area contributed by atoms with E-state index in [-0.39, 0.29) is 11.6 Å². The summed E-state index contributed by atoms with van der Waals surface area (Å²) in [6, 6.07) is 7.60. The Balaban J connectivity index is 1.36. The highest BCUT2D eigenvalue weighted by Gasteiger charge is 2.25. The molecule has 1 atom stereocenters. The van der Waals surface area contributed by atoms with Crippen molar-refractivity contribution in [3.05, 3.63) is 92.6 Å². The van der Waals surface area contributed by atoms with Gasteiger partial charge in [0.25, 0.3) is 5.56 Å². The predicted molar refractivity (Wildman–Crippen MR) is 116 cm³/mol. The van der Waals surface area contributed by atoms with Crippen LogP contribution in [0.15, 0.2) is 53.8 Å². The zero-order valence-corrected chi connectivity index (χ0v) is 17.5. The van der Waals surface area contributed by atoms with Crippen molar-refractivity contribution in [1.82, 2.24) is 19.9 Å². The Morgan fingerprint density at radius 1 is 1.19 bits per heavy atom. The molecule has 3 aromatic heterocycles. The molecule has 5 rings (SSSR count). The summed E-state index contributed by atoms with van der Waals surface area (Å²) in [4.78, 5) is 23.6. The van der Waals surface area contributed by atoms with Gasteiger partial charge in [-0.25, -0.2) is 13.8 Å². The number of pyridine rings is 1. The fourth-order valence-electron chi connectivity index (χ4n) is 4.09. The van der Waals surface area contributed by atoms with Crippen LogP contribution in [-0.4, -0.2) is 20.6 Å². The van der Waals surface area contributed by atoms with Gasteiger partial charge in [-0.15, -0.1) is 11.3 Å². The lowest BCUT2D eigenvalue weighted by atomic mass is 9.93. The Bertz CT molecular complexity index is 1300. The molecular weight excluding hydrogens is 418 g/mol. The number of hydrogen-bond donors (Lipinski definition) is 1. The molecule has 4 aromatic rings. The van der Waals surface area contributed by atoms with Gasteiger partial charge in [0.1, 0.15) is 16.5 Å². The highest BCUT2D eigenvalue weighted by Crippen LogP contribution is 2.33. The van der Waals surface area contributed by atoms with Crippen LogP contribution in [0.25, 0.3) is 10.2 Å². The molecule has 1 aliphatic carbocycles. The summed E-state index contributed by atoms with van der Waals surface area (Å²) >= 11 is 1.56. The van der Waals surface area contributed by atoms with Crippen LogP contribution >= 0.6 is 11.3 Å². The maximum absolute atomic E-state index is 13.9. The maximum atomic E-state index is 13.9. The van der Waals surface area contributed by atoms with Gasteiger partial charge in [0.05, 0.1) is 18.3 Å². The van der Waals surface area contributed by atoms with Gasteiger partial charge in [-0.2, -0.15) is 0 Å². The Hall–Kier alpha value is -2.97. The van der Waals surface area contributed by atoms with E-state index in [1.54, 1.807) is 34.6 Å². The first kappa shape index (κ1) is 20.0. The Kier molecular flexibility index (Phi) is 5.33. The number of hydrogen-bond acceptors (Lipinski definition) is 5. The van der Waals surface area contributed by atoms with Crippen LogP contribution in [0.5, 0.6) is 0 Å². The molecule has 0 amide bonds. The number of thiophene rings is 1. The second kappa shape index (κ2) is 8.28. The van der Waals surface area contributed by atoms with E-state index in [0.717, 1.165) is 51.5 Å². The third-order valence-corrected chi connectivity index (χ3v) is 6.90. The van der Waals surface area contributed by atoms with E-state index in [2.05, 4.69) is 15.3 Å². The Morgan fingerprint density at radius 2 is 2.03 bits per heavy atom. The second-order valence-electron chi connectivity index (χ2n) is 7.77. The Labute approximate surface area is 181 Å². The van der Waals surface area contributed by atoms with Crippen molar-refractivity contribution in [2.24, 2.45) is 0 Å². The second-order valence-corrected chi connectivity index (χ2v) is 8.86. The molecule has 0 bridgehead atoms. The van der Waals surface area contributed by atoms with Crippen LogP contribution in [0, 0.1) is 11.6 Å². The van der Waals surface area contributed by atoms with Crippen molar-refractivity contribution in [2.75, 3.05) is 0 Å². The van der Waals surface area contributed by atoms with Crippen LogP contribution < -0.4 is 10.9 Å². The summed E-state index contributed by atoms with van der Waals surface area (Å²) in [6.45, 7) is 0.802. The van der Waals surface area contributed by atoms with Gasteiger partial charge in [0.2, 0.25) is 0 Å². The first-order valence-electron chi connectivity index (χ1n) is 10.1. The number of aryl methyl sites for hydroxylation is 1. The van der Waals surface area contributed by atoms with Gasteiger partial charge in [0, 0.05) is 41.5 Å². The number of benzene rings is 1. The first-order valence-corrected chi connectivity index (χ1v) is 11.0. The fourth-order valence-corrected chi connectivity index (χ4v) is 5.35. The molecule has 0 unspecified atom stereocenters. The average Bonchev–Trinajstić information content (AvgIpc) is 3.14. The van der Waals surface area contributed by atoms with E-state index in [1.807, 2.05) is 12.1 Å². The lowest BCUT2D eigenvalue weighted by molar-refractivity contribution is 0.454. The molecule has 0 saturated heterocycles. The van der Waals surface area contributed by atoms with E-state index in [9.17, 15) is 13.6 Å². The summed E-state index contributed by atoms with van der Waals surface area (Å²) in [6.07, 6.45) is 7.42. The molecule has 31 heavy (non-hydrogen) atoms. The lowest BCUT2D eigenvalue weighted by Crippen LogP contribution is -2.34. The molecule has 1 aliphatic rings. The van der Waals surface area contributed by atoms with Gasteiger partial charge in [-0.3, -0.25) is 14.3 Å². The van der Waals surface area contributed by atoms with E-state index in [0.29, 0.717) is 18.7 Å². The first-order chi connectivity index (χ1) is 15.1. The summed E-state index contributed by atoms with van der Waals surface area (Å²) in [7, 11) is 0. The number of halogens is 2. The maximum Gasteiger partial charge on any atom is 0.262 e. The van der Waals surface area contributed by atoms with Crippen LogP contribution in [0.3, 0.4) is 0 Å². The van der Waals surface area contributed by atoms with Crippen LogP contribution in [0.2, 0.25) is 0 Å². The number of fused-ring (bicyclic) bond motifs is 3. The van der Waals surface area contributed by atoms with Gasteiger partial charge in [0.15, 0.2) is 0 Å². The predicted octanol–water partition coefficient (Wildman–Crippen LogP) is 3.83. The van der Waals surface area contributed by atoms with E-state index < -0.39 is 11.6 Å². The molecule has 0 saturated carbocycles. The minimum Gasteiger partial charge on any atom is -0.309 e. The topological polar surface area (TPSA) is 59.8 Å². The molecule has 3 heterocycles. The van der Waals surface area contributed by atoms with E-state index >= 15 is 0 Å². The molecule has 1 N–H and O–H groups in total. The van der Waals surface area contributed by atoms with Gasteiger partial charge < -0.3 is 5.32 Å². The van der Waals surface area contributed by atoms with Crippen molar-refractivity contribution >= 4 is 21.6 Å². The molecule has 1 aromatic carbocycles. The lowest BCUT2D eigenvalue weighted by Gasteiger charge is -2.23. The number of aromatic nitrogens is 3. The smallest absolute Gasteiger partial charge is 0.262 e. The van der Waals surface area contributed by atoms with Crippen molar-refractivity contribution in [1.29, 1.82) is 0 Å². The zero-order valence-electron chi connectivity index (χ0n) is 16.6. The molecule has 0 radical (unpaired) electrons. The van der Waals surface area contributed by atoms with Crippen molar-refractivity contribution in [3.63, 3.8) is 0 Å². The molecular formula is C23H20F2N4OS. The fraction of sp³-hybridized carbons (Fsp3) is 0.261. The van der Waals surface area contributed by atoms with Gasteiger partial charge >= 0.3 is 0 Å². The highest BCUT2D eigenvalue weighted by molar-refractivity contribution is 7.18. The van der Waals surface area contributed by atoms with Crippen molar-refractivity contribution < 1.29 is 8.78 Å². The third kappa shape index (κ3) is 4.00. The highest BCUT2D eigenvalue weighted by atomic mass is 32.1. The number of nitrogens with zero attached hydrogens (tertiary/aromatic N) is 3. The standard InChI is InChI=1S/C23H20F2N4OS/c24-16-2-1-15(19(25)9-16)11-27-17-3-4-18-20(10-17)31-22-21(18)23(30)29(13-28-22)12-14-5-7-26-8-6-14/h1-2,5-9,13,17,27H,3-4,10-12H2/t17-/m0/s1. The number of nitrogens with one attached hydrogen (secondary N) is 1. The Morgan fingerprint density at radius 3 is 2.84 bits per heavy atom. The minimum absolute atomic E-state index is 0.0147. The van der Waals surface area contributed by atoms with Crippen molar-refractivity contribution in [2.45, 2.75) is 38.4 Å². The molecule has 0 aliphatic heterocycles. The average molecular weight is 439 g/mol. The number of rotatable bonds is 5. The third-order valence-electron chi connectivity index (χ3n) is 5.73. The molecule has 8 heteroatoms. The molecule has 158 valence electrons. The van der Waals surface area contributed by atoms with Crippen LogP contribution in [0.4, 0.5) is 8.78 Å². The monoisotopic (exact) mass is 438 g/mol. The summed E-state index contributed by atoms with van der Waals surface area (Å²) in [5.74, 6) is -1.11. The summed E-state index contributed by atoms with van der Waals surface area (Å²) in [5.41, 5.74) is 2.52. The summed E-state index contributed by atoms with van der Waals surface area (Å²) in [5, 5.41) is 4.10.